The summed E-state index contributed by atoms with van der Waals surface area (Å²) in [6.07, 6.45) is 0. The first-order valence-electron chi connectivity index (χ1n) is 5.64. The number of amides is 3. The zero-order valence-corrected chi connectivity index (χ0v) is 10.0. The summed E-state index contributed by atoms with van der Waals surface area (Å²) in [6.45, 7) is 0. The third-order valence-corrected chi connectivity index (χ3v) is 2.44. The second kappa shape index (κ2) is 5.68. The molecule has 95 valence electrons. The van der Waals surface area contributed by atoms with Gasteiger partial charge >= 0.3 is 6.03 Å². The summed E-state index contributed by atoms with van der Waals surface area (Å²) in [6, 6.07) is 14.8. The van der Waals surface area contributed by atoms with Crippen molar-refractivity contribution in [2.24, 2.45) is 0 Å². The standard InChI is InChI=1S/C14H12N3O2/c15-13(18)10-6-8-12(9-7-10)17-14(19)16-11-4-2-1-3-5-11/h1-9,15H,(H2,16,17,19). The number of hydrogen-bond donors (Lipinski definition) is 2. The van der Waals surface area contributed by atoms with Crippen LogP contribution < -0.4 is 16.4 Å². The third-order valence-electron chi connectivity index (χ3n) is 2.44. The monoisotopic (exact) mass is 254 g/mol. The van der Waals surface area contributed by atoms with Crippen molar-refractivity contribution in [3.05, 3.63) is 60.2 Å². The van der Waals surface area contributed by atoms with Crippen LogP contribution in [0, 0.1) is 0 Å². The molecule has 2 aromatic rings. The van der Waals surface area contributed by atoms with Gasteiger partial charge in [-0.3, -0.25) is 10.5 Å². The van der Waals surface area contributed by atoms with Gasteiger partial charge < -0.3 is 10.6 Å². The molecule has 0 atom stereocenters. The lowest BCUT2D eigenvalue weighted by Gasteiger charge is -2.07. The van der Waals surface area contributed by atoms with E-state index in [1.54, 1.807) is 24.3 Å². The Bertz CT molecular complexity index is 579. The smallest absolute Gasteiger partial charge is 0.308 e. The highest BCUT2D eigenvalue weighted by molar-refractivity contribution is 6.00. The zero-order chi connectivity index (χ0) is 13.7. The van der Waals surface area contributed by atoms with Crippen LogP contribution in [-0.2, 0) is 0 Å². The largest absolute Gasteiger partial charge is 0.323 e. The predicted molar refractivity (Wildman–Crippen MR) is 73.0 cm³/mol. The van der Waals surface area contributed by atoms with Crippen molar-refractivity contribution in [3.8, 4) is 0 Å². The topological polar surface area (TPSA) is 82.0 Å². The molecule has 0 aliphatic rings. The van der Waals surface area contributed by atoms with Gasteiger partial charge in [0.2, 0.25) is 0 Å². The lowest BCUT2D eigenvalue weighted by molar-refractivity contribution is 0.0992. The van der Waals surface area contributed by atoms with Gasteiger partial charge in [0.05, 0.1) is 0 Å². The predicted octanol–water partition coefficient (Wildman–Crippen LogP) is 2.75. The maximum absolute atomic E-state index is 11.7. The summed E-state index contributed by atoms with van der Waals surface area (Å²) in [5.74, 6) is -0.750. The van der Waals surface area contributed by atoms with Crippen molar-refractivity contribution in [1.82, 2.24) is 5.73 Å². The van der Waals surface area contributed by atoms with E-state index in [4.69, 9.17) is 5.73 Å². The maximum atomic E-state index is 11.7. The molecule has 0 unspecified atom stereocenters. The van der Waals surface area contributed by atoms with Gasteiger partial charge in [-0.25, -0.2) is 4.79 Å². The molecule has 5 nitrogen and oxygen atoms in total. The molecular formula is C14H12N3O2. The van der Waals surface area contributed by atoms with Crippen LogP contribution in [0.15, 0.2) is 54.6 Å². The van der Waals surface area contributed by atoms with Crippen molar-refractivity contribution in [1.29, 1.82) is 0 Å². The summed E-state index contributed by atoms with van der Waals surface area (Å²) < 4.78 is 0. The van der Waals surface area contributed by atoms with Crippen molar-refractivity contribution < 1.29 is 9.59 Å². The molecule has 0 spiro atoms. The molecule has 2 aromatic carbocycles. The first-order chi connectivity index (χ1) is 9.15. The van der Waals surface area contributed by atoms with E-state index in [1.165, 1.54) is 12.1 Å². The van der Waals surface area contributed by atoms with Gasteiger partial charge in [0, 0.05) is 16.9 Å². The molecule has 0 aliphatic heterocycles. The molecule has 3 amide bonds. The Morgan fingerprint density at radius 3 is 1.84 bits per heavy atom. The molecule has 1 radical (unpaired) electrons. The van der Waals surface area contributed by atoms with E-state index < -0.39 is 5.91 Å². The molecule has 0 saturated heterocycles. The summed E-state index contributed by atoms with van der Waals surface area (Å²) >= 11 is 0. The first kappa shape index (κ1) is 12.6. The quantitative estimate of drug-likeness (QED) is 0.882. The molecule has 2 rings (SSSR count). The molecule has 0 heterocycles. The summed E-state index contributed by atoms with van der Waals surface area (Å²) in [5, 5.41) is 5.31. The van der Waals surface area contributed by atoms with Crippen LogP contribution in [0.4, 0.5) is 16.2 Å². The highest BCUT2D eigenvalue weighted by Crippen LogP contribution is 2.11. The summed E-state index contributed by atoms with van der Waals surface area (Å²) in [7, 11) is 0. The Balaban J connectivity index is 1.97. The van der Waals surface area contributed by atoms with Crippen LogP contribution >= 0.6 is 0 Å². The molecule has 5 heteroatoms. The van der Waals surface area contributed by atoms with E-state index in [0.29, 0.717) is 11.4 Å². The van der Waals surface area contributed by atoms with Crippen molar-refractivity contribution in [2.75, 3.05) is 10.6 Å². The van der Waals surface area contributed by atoms with Gasteiger partial charge in [-0.1, -0.05) is 18.2 Å². The van der Waals surface area contributed by atoms with Crippen LogP contribution in [-0.4, -0.2) is 11.9 Å². The van der Waals surface area contributed by atoms with Crippen LogP contribution in [0.5, 0.6) is 0 Å². The molecule has 0 aliphatic carbocycles. The molecule has 0 fully saturated rings. The van der Waals surface area contributed by atoms with Crippen LogP contribution in [0.2, 0.25) is 0 Å². The van der Waals surface area contributed by atoms with Gasteiger partial charge in [0.25, 0.3) is 5.91 Å². The average Bonchev–Trinajstić information content (AvgIpc) is 2.40. The SMILES string of the molecule is [NH]C(=O)c1ccc(NC(=O)Nc2ccccc2)cc1. The summed E-state index contributed by atoms with van der Waals surface area (Å²) in [4.78, 5) is 22.5. The van der Waals surface area contributed by atoms with Gasteiger partial charge in [-0.05, 0) is 36.4 Å². The van der Waals surface area contributed by atoms with Crippen LogP contribution in [0.1, 0.15) is 10.4 Å². The van der Waals surface area contributed by atoms with Crippen molar-refractivity contribution in [3.63, 3.8) is 0 Å². The first-order valence-corrected chi connectivity index (χ1v) is 5.64. The number of urea groups is 1. The van der Waals surface area contributed by atoms with Gasteiger partial charge in [-0.15, -0.1) is 0 Å². The number of nitrogens with one attached hydrogen (secondary N) is 3. The normalized spacial score (nSPS) is 9.68. The highest BCUT2D eigenvalue weighted by atomic mass is 16.2. The van der Waals surface area contributed by atoms with E-state index >= 15 is 0 Å². The molecule has 0 bridgehead atoms. The lowest BCUT2D eigenvalue weighted by atomic mass is 10.2. The summed E-state index contributed by atoms with van der Waals surface area (Å²) in [5.41, 5.74) is 8.47. The molecule has 0 saturated carbocycles. The van der Waals surface area contributed by atoms with Crippen LogP contribution in [0.25, 0.3) is 0 Å². The Morgan fingerprint density at radius 1 is 0.789 bits per heavy atom. The molecule has 19 heavy (non-hydrogen) atoms. The average molecular weight is 254 g/mol. The van der Waals surface area contributed by atoms with Gasteiger partial charge in [-0.2, -0.15) is 0 Å². The number of anilines is 2. The van der Waals surface area contributed by atoms with E-state index in [1.807, 2.05) is 18.2 Å². The second-order valence-electron chi connectivity index (χ2n) is 3.85. The van der Waals surface area contributed by atoms with E-state index in [2.05, 4.69) is 10.6 Å². The minimum atomic E-state index is -0.750. The minimum absolute atomic E-state index is 0.286. The van der Waals surface area contributed by atoms with Crippen molar-refractivity contribution in [2.45, 2.75) is 0 Å². The fraction of sp³-hybridized carbons (Fsp3) is 0. The molecule has 0 aromatic heterocycles. The highest BCUT2D eigenvalue weighted by Gasteiger charge is 2.04. The molecule has 3 N–H and O–H groups in total. The number of carbonyl (C=O) groups excluding carboxylic acids is 2. The fourth-order valence-corrected chi connectivity index (χ4v) is 1.52. The molecular weight excluding hydrogens is 242 g/mol. The fourth-order valence-electron chi connectivity index (χ4n) is 1.52. The Hall–Kier alpha value is -2.82. The minimum Gasteiger partial charge on any atom is -0.308 e. The number of hydrogen-bond acceptors (Lipinski definition) is 2. The number of para-hydroxylation sites is 1. The van der Waals surface area contributed by atoms with E-state index in [9.17, 15) is 9.59 Å². The van der Waals surface area contributed by atoms with E-state index in [-0.39, 0.29) is 11.6 Å². The second-order valence-corrected chi connectivity index (χ2v) is 3.85. The Morgan fingerprint density at radius 2 is 1.32 bits per heavy atom. The zero-order valence-electron chi connectivity index (χ0n) is 10.0. The van der Waals surface area contributed by atoms with Crippen LogP contribution in [0.3, 0.4) is 0 Å². The van der Waals surface area contributed by atoms with Gasteiger partial charge in [0.1, 0.15) is 0 Å². The maximum Gasteiger partial charge on any atom is 0.323 e. The number of rotatable bonds is 3. The lowest BCUT2D eigenvalue weighted by Crippen LogP contribution is -2.19. The number of carbonyl (C=O) groups is 2. The van der Waals surface area contributed by atoms with Crippen molar-refractivity contribution >= 4 is 23.3 Å². The Kier molecular flexibility index (Phi) is 3.78. The Labute approximate surface area is 110 Å². The van der Waals surface area contributed by atoms with E-state index in [0.717, 1.165) is 0 Å². The number of benzene rings is 2. The third kappa shape index (κ3) is 3.57. The van der Waals surface area contributed by atoms with Gasteiger partial charge in [0.15, 0.2) is 0 Å².